The second-order valence-corrected chi connectivity index (χ2v) is 7.79. The van der Waals surface area contributed by atoms with Crippen LogP contribution < -0.4 is 14.2 Å². The Hall–Kier alpha value is -3.59. The van der Waals surface area contributed by atoms with Gasteiger partial charge in [0.15, 0.2) is 17.3 Å². The Kier molecular flexibility index (Phi) is 6.55. The van der Waals surface area contributed by atoms with Gasteiger partial charge in [0.25, 0.3) is 5.91 Å². The summed E-state index contributed by atoms with van der Waals surface area (Å²) in [4.78, 5) is 16.7. The second-order valence-electron chi connectivity index (χ2n) is 6.75. The van der Waals surface area contributed by atoms with Gasteiger partial charge < -0.3 is 14.2 Å². The number of amides is 1. The van der Waals surface area contributed by atoms with Gasteiger partial charge >= 0.3 is 0 Å². The molecule has 0 atom stereocenters. The number of aliphatic imine (C=N–C) groups is 1. The van der Waals surface area contributed by atoms with Crippen LogP contribution in [0.1, 0.15) is 18.9 Å². The van der Waals surface area contributed by atoms with Crippen LogP contribution in [0.5, 0.6) is 17.2 Å². The van der Waals surface area contributed by atoms with E-state index in [-0.39, 0.29) is 11.4 Å². The summed E-state index contributed by atoms with van der Waals surface area (Å²) in [6.07, 6.45) is 2.33. The molecule has 1 amide bonds. The molecule has 0 aliphatic carbocycles. The van der Waals surface area contributed by atoms with E-state index < -0.39 is 5.91 Å². The molecule has 0 saturated carbocycles. The molecule has 0 spiro atoms. The van der Waals surface area contributed by atoms with Crippen molar-refractivity contribution in [1.82, 2.24) is 5.01 Å². The first kappa shape index (κ1) is 21.6. The number of rotatable bonds is 8. The highest BCUT2D eigenvalue weighted by atomic mass is 32.2. The minimum absolute atomic E-state index is 0.00487. The molecule has 2 aromatic rings. The Morgan fingerprint density at radius 3 is 2.41 bits per heavy atom. The van der Waals surface area contributed by atoms with Crippen LogP contribution in [0, 0.1) is 5.41 Å². The second kappa shape index (κ2) is 9.69. The van der Waals surface area contributed by atoms with E-state index in [0.717, 1.165) is 5.04 Å². The zero-order valence-corrected chi connectivity index (χ0v) is 18.5. The molecule has 9 heteroatoms. The maximum atomic E-state index is 12.6. The average Bonchev–Trinajstić information content (AvgIpc) is 3.23. The number of carbonyl (C=O) groups excluding carboxylic acids is 1. The number of thioether (sulfide) groups is 1. The maximum absolute atomic E-state index is 12.6. The van der Waals surface area contributed by atoms with E-state index in [1.807, 2.05) is 49.4 Å². The molecule has 0 aromatic heterocycles. The SMILES string of the molecule is CCC1=NN2C(=N)C(=Cc3ccccc3OCCOc3ccccc3OC)C(=O)N=C2S1. The smallest absolute Gasteiger partial charge is 0.283 e. The summed E-state index contributed by atoms with van der Waals surface area (Å²) in [5.41, 5.74) is 0.833. The lowest BCUT2D eigenvalue weighted by molar-refractivity contribution is -0.114. The summed E-state index contributed by atoms with van der Waals surface area (Å²) < 4.78 is 16.9. The number of benzene rings is 2. The lowest BCUT2D eigenvalue weighted by Crippen LogP contribution is -2.35. The van der Waals surface area contributed by atoms with E-state index in [4.69, 9.17) is 19.6 Å². The molecule has 32 heavy (non-hydrogen) atoms. The van der Waals surface area contributed by atoms with E-state index >= 15 is 0 Å². The van der Waals surface area contributed by atoms with Gasteiger partial charge in [0.1, 0.15) is 24.0 Å². The molecule has 4 rings (SSSR count). The third-order valence-electron chi connectivity index (χ3n) is 4.69. The van der Waals surface area contributed by atoms with Crippen LogP contribution in [0.2, 0.25) is 0 Å². The van der Waals surface area contributed by atoms with Gasteiger partial charge in [0.05, 0.1) is 12.7 Å². The van der Waals surface area contributed by atoms with Gasteiger partial charge in [-0.2, -0.15) is 15.1 Å². The number of fused-ring (bicyclic) bond motifs is 1. The Morgan fingerprint density at radius 2 is 1.69 bits per heavy atom. The van der Waals surface area contributed by atoms with Gasteiger partial charge in [-0.1, -0.05) is 37.3 Å². The maximum Gasteiger partial charge on any atom is 0.283 e. The number of hydrogen-bond donors (Lipinski definition) is 1. The van der Waals surface area contributed by atoms with Crippen molar-refractivity contribution in [2.24, 2.45) is 10.1 Å². The average molecular weight is 451 g/mol. The van der Waals surface area contributed by atoms with Crippen LogP contribution in [0.25, 0.3) is 6.08 Å². The highest BCUT2D eigenvalue weighted by Gasteiger charge is 2.35. The molecule has 0 saturated heterocycles. The Bertz CT molecular complexity index is 1140. The third kappa shape index (κ3) is 4.52. The van der Waals surface area contributed by atoms with E-state index in [1.54, 1.807) is 19.3 Å². The van der Waals surface area contributed by atoms with E-state index in [9.17, 15) is 4.79 Å². The first-order valence-corrected chi connectivity index (χ1v) is 10.9. The first-order valence-electron chi connectivity index (χ1n) is 10.1. The van der Waals surface area contributed by atoms with Crippen LogP contribution in [0.3, 0.4) is 0 Å². The largest absolute Gasteiger partial charge is 0.493 e. The minimum Gasteiger partial charge on any atom is -0.493 e. The van der Waals surface area contributed by atoms with E-state index in [0.29, 0.717) is 47.6 Å². The minimum atomic E-state index is -0.462. The predicted molar refractivity (Wildman–Crippen MR) is 126 cm³/mol. The first-order chi connectivity index (χ1) is 15.6. The van der Waals surface area contributed by atoms with Crippen molar-refractivity contribution in [2.45, 2.75) is 13.3 Å². The number of para-hydroxylation sites is 3. The van der Waals surface area contributed by atoms with Gasteiger partial charge in [0.2, 0.25) is 5.17 Å². The Morgan fingerprint density at radius 1 is 1.03 bits per heavy atom. The topological polar surface area (TPSA) is 96.6 Å². The fourth-order valence-electron chi connectivity index (χ4n) is 3.10. The number of hydrogen-bond acceptors (Lipinski definition) is 7. The molecule has 164 valence electrons. The van der Waals surface area contributed by atoms with Crippen molar-refractivity contribution >= 4 is 39.8 Å². The number of hydrazone groups is 1. The standard InChI is InChI=1S/C23H22N4O4S/c1-3-20-26-27-21(24)16(22(28)25-23(27)32-20)14-15-8-4-5-9-17(15)30-12-13-31-19-11-7-6-10-18(19)29-2/h4-11,14,24H,3,12-13H2,1-2H3. The zero-order chi connectivity index (χ0) is 22.5. The quantitative estimate of drug-likeness (QED) is 0.479. The molecule has 0 unspecified atom stereocenters. The van der Waals surface area contributed by atoms with E-state index in [1.165, 1.54) is 16.8 Å². The number of ether oxygens (including phenoxy) is 3. The van der Waals surface area contributed by atoms with Crippen molar-refractivity contribution in [1.29, 1.82) is 5.41 Å². The fourth-order valence-corrected chi connectivity index (χ4v) is 3.93. The Labute approximate surface area is 190 Å². The van der Waals surface area contributed by atoms with Crippen molar-refractivity contribution in [3.63, 3.8) is 0 Å². The lowest BCUT2D eigenvalue weighted by atomic mass is 10.1. The molecule has 0 radical (unpaired) electrons. The normalized spacial score (nSPS) is 16.6. The van der Waals surface area contributed by atoms with Crippen molar-refractivity contribution in [2.75, 3.05) is 20.3 Å². The number of carbonyl (C=O) groups is 1. The molecule has 8 nitrogen and oxygen atoms in total. The molecule has 2 aromatic carbocycles. The van der Waals surface area contributed by atoms with Gasteiger partial charge in [-0.15, -0.1) is 0 Å². The summed E-state index contributed by atoms with van der Waals surface area (Å²) in [6.45, 7) is 2.57. The zero-order valence-electron chi connectivity index (χ0n) is 17.7. The molecule has 1 N–H and O–H groups in total. The summed E-state index contributed by atoms with van der Waals surface area (Å²) >= 11 is 1.32. The van der Waals surface area contributed by atoms with Gasteiger partial charge in [-0.3, -0.25) is 10.2 Å². The number of nitrogens with zero attached hydrogens (tertiary/aromatic N) is 3. The van der Waals surface area contributed by atoms with Crippen LogP contribution in [-0.2, 0) is 4.79 Å². The summed E-state index contributed by atoms with van der Waals surface area (Å²) in [7, 11) is 1.59. The number of nitrogens with one attached hydrogen (secondary N) is 1. The highest BCUT2D eigenvalue weighted by Crippen LogP contribution is 2.30. The number of methoxy groups -OCH3 is 1. The number of amidine groups is 2. The van der Waals surface area contributed by atoms with Gasteiger partial charge in [0, 0.05) is 5.56 Å². The fraction of sp³-hybridized carbons (Fsp3) is 0.217. The molecule has 2 aliphatic heterocycles. The van der Waals surface area contributed by atoms with Crippen molar-refractivity contribution in [3.8, 4) is 17.2 Å². The van der Waals surface area contributed by atoms with Crippen LogP contribution in [-0.4, -0.2) is 47.3 Å². The van der Waals surface area contributed by atoms with Crippen LogP contribution >= 0.6 is 11.8 Å². The summed E-state index contributed by atoms with van der Waals surface area (Å²) in [5, 5.41) is 15.5. The molecule has 0 fully saturated rings. The summed E-state index contributed by atoms with van der Waals surface area (Å²) in [5.74, 6) is 1.41. The van der Waals surface area contributed by atoms with Crippen LogP contribution in [0.15, 0.2) is 64.2 Å². The molecular weight excluding hydrogens is 428 g/mol. The Balaban J connectivity index is 1.47. The molecular formula is C23H22N4O4S. The third-order valence-corrected chi connectivity index (χ3v) is 5.74. The highest BCUT2D eigenvalue weighted by molar-refractivity contribution is 8.26. The van der Waals surface area contributed by atoms with Crippen molar-refractivity contribution < 1.29 is 19.0 Å². The molecule has 2 aliphatic rings. The summed E-state index contributed by atoms with van der Waals surface area (Å²) in [6, 6.07) is 14.7. The van der Waals surface area contributed by atoms with Crippen LogP contribution in [0.4, 0.5) is 0 Å². The predicted octanol–water partition coefficient (Wildman–Crippen LogP) is 4.18. The van der Waals surface area contributed by atoms with Crippen molar-refractivity contribution in [3.05, 3.63) is 59.7 Å². The van der Waals surface area contributed by atoms with Gasteiger partial charge in [-0.05, 0) is 42.5 Å². The molecule has 2 heterocycles. The van der Waals surface area contributed by atoms with Gasteiger partial charge in [-0.25, -0.2) is 0 Å². The molecule has 0 bridgehead atoms. The lowest BCUT2D eigenvalue weighted by Gasteiger charge is -2.20. The van der Waals surface area contributed by atoms with E-state index in [2.05, 4.69) is 10.1 Å². The monoisotopic (exact) mass is 450 g/mol.